The van der Waals surface area contributed by atoms with Gasteiger partial charge in [-0.1, -0.05) is 67.9 Å². The summed E-state index contributed by atoms with van der Waals surface area (Å²) in [5.41, 5.74) is 1.18. The van der Waals surface area contributed by atoms with Crippen molar-refractivity contribution in [2.75, 3.05) is 6.61 Å². The number of benzene rings is 1. The Morgan fingerprint density at radius 1 is 1.04 bits per heavy atom. The van der Waals surface area contributed by atoms with Crippen LogP contribution in [0.1, 0.15) is 69.8 Å². The number of carbonyl (C=O) groups is 2. The molecule has 0 amide bonds. The third-order valence-electron chi connectivity index (χ3n) is 4.48. The van der Waals surface area contributed by atoms with Gasteiger partial charge in [0, 0.05) is 0 Å². The molecule has 27 heavy (non-hydrogen) atoms. The van der Waals surface area contributed by atoms with Crippen LogP contribution < -0.4 is 4.74 Å². The van der Waals surface area contributed by atoms with Crippen LogP contribution in [0.3, 0.4) is 0 Å². The summed E-state index contributed by atoms with van der Waals surface area (Å²) >= 11 is 11.6. The highest BCUT2D eigenvalue weighted by Crippen LogP contribution is 2.32. The topological polar surface area (TPSA) is 83.8 Å². The minimum atomic E-state index is -1.72. The van der Waals surface area contributed by atoms with Crippen molar-refractivity contribution in [1.82, 2.24) is 0 Å². The van der Waals surface area contributed by atoms with Crippen molar-refractivity contribution in [1.29, 1.82) is 0 Å². The molecule has 0 saturated heterocycles. The van der Waals surface area contributed by atoms with E-state index in [9.17, 15) is 9.59 Å². The van der Waals surface area contributed by atoms with Crippen LogP contribution >= 0.6 is 23.2 Å². The fourth-order valence-corrected chi connectivity index (χ4v) is 3.21. The predicted octanol–water partition coefficient (Wildman–Crippen LogP) is 5.63. The van der Waals surface area contributed by atoms with Crippen LogP contribution in [0, 0.1) is 0 Å². The van der Waals surface area contributed by atoms with Crippen LogP contribution in [0.5, 0.6) is 5.75 Å². The summed E-state index contributed by atoms with van der Waals surface area (Å²) in [5, 5.41) is 17.6. The zero-order valence-electron chi connectivity index (χ0n) is 15.6. The van der Waals surface area contributed by atoms with Gasteiger partial charge in [-0.25, -0.2) is 9.59 Å². The highest BCUT2D eigenvalue weighted by atomic mass is 35.5. The SMILES string of the molecule is CCCCCC(CCCCC(Cl)(Cl)C(=O)O)c1ccc(OCC(=O)O)cc1. The van der Waals surface area contributed by atoms with Crippen LogP contribution in [0.15, 0.2) is 24.3 Å². The van der Waals surface area contributed by atoms with Gasteiger partial charge in [0.1, 0.15) is 5.75 Å². The van der Waals surface area contributed by atoms with E-state index in [4.69, 9.17) is 38.2 Å². The molecule has 0 aromatic heterocycles. The molecule has 152 valence electrons. The van der Waals surface area contributed by atoms with Crippen LogP contribution in [-0.4, -0.2) is 33.1 Å². The van der Waals surface area contributed by atoms with E-state index in [1.807, 2.05) is 12.1 Å². The zero-order valence-corrected chi connectivity index (χ0v) is 17.1. The van der Waals surface area contributed by atoms with Gasteiger partial charge in [0.15, 0.2) is 6.61 Å². The van der Waals surface area contributed by atoms with Gasteiger partial charge >= 0.3 is 11.9 Å². The molecule has 0 saturated carbocycles. The summed E-state index contributed by atoms with van der Waals surface area (Å²) in [5.74, 6) is -1.33. The molecule has 1 unspecified atom stereocenters. The minimum absolute atomic E-state index is 0.217. The highest BCUT2D eigenvalue weighted by Gasteiger charge is 2.32. The van der Waals surface area contributed by atoms with Gasteiger partial charge in [0.2, 0.25) is 4.33 Å². The molecule has 0 bridgehead atoms. The lowest BCUT2D eigenvalue weighted by Gasteiger charge is -2.19. The first-order chi connectivity index (χ1) is 12.8. The molecule has 1 atom stereocenters. The predicted molar refractivity (Wildman–Crippen MR) is 107 cm³/mol. The largest absolute Gasteiger partial charge is 0.482 e. The van der Waals surface area contributed by atoms with E-state index >= 15 is 0 Å². The van der Waals surface area contributed by atoms with E-state index in [1.54, 1.807) is 12.1 Å². The maximum Gasteiger partial charge on any atom is 0.341 e. The molecule has 0 fully saturated rings. The number of aliphatic carboxylic acids is 2. The molecule has 0 spiro atoms. The van der Waals surface area contributed by atoms with Crippen LogP contribution in [-0.2, 0) is 9.59 Å². The van der Waals surface area contributed by atoms with E-state index in [0.717, 1.165) is 32.1 Å². The van der Waals surface area contributed by atoms with Gasteiger partial charge in [0.25, 0.3) is 0 Å². The number of carboxylic acid groups (broad SMARTS) is 2. The second-order valence-electron chi connectivity index (χ2n) is 6.70. The van der Waals surface area contributed by atoms with Crippen molar-refractivity contribution in [2.24, 2.45) is 0 Å². The average Bonchev–Trinajstić information content (AvgIpc) is 2.62. The highest BCUT2D eigenvalue weighted by molar-refractivity contribution is 6.57. The van der Waals surface area contributed by atoms with Gasteiger partial charge in [-0.05, 0) is 49.3 Å². The molecule has 5 nitrogen and oxygen atoms in total. The van der Waals surface area contributed by atoms with Crippen molar-refractivity contribution in [3.63, 3.8) is 0 Å². The second kappa shape index (κ2) is 12.1. The number of hydrogen-bond donors (Lipinski definition) is 2. The van der Waals surface area contributed by atoms with Crippen LogP contribution in [0.25, 0.3) is 0 Å². The molecule has 0 aliphatic rings. The summed E-state index contributed by atoms with van der Waals surface area (Å²) in [6.45, 7) is 1.80. The van der Waals surface area contributed by atoms with Crippen molar-refractivity contribution in [3.05, 3.63) is 29.8 Å². The Bertz CT molecular complexity index is 587. The fraction of sp³-hybridized carbons (Fsp3) is 0.600. The zero-order chi connectivity index (χ0) is 20.3. The number of hydrogen-bond acceptors (Lipinski definition) is 3. The van der Waals surface area contributed by atoms with Gasteiger partial charge in [-0.2, -0.15) is 0 Å². The number of halogens is 2. The number of rotatable bonds is 14. The summed E-state index contributed by atoms with van der Waals surface area (Å²) in [4.78, 5) is 21.5. The second-order valence-corrected chi connectivity index (χ2v) is 8.18. The van der Waals surface area contributed by atoms with Gasteiger partial charge in [0.05, 0.1) is 0 Å². The lowest BCUT2D eigenvalue weighted by atomic mass is 9.88. The van der Waals surface area contributed by atoms with Crippen LogP contribution in [0.2, 0.25) is 0 Å². The first-order valence-corrected chi connectivity index (χ1v) is 10.1. The quantitative estimate of drug-likeness (QED) is 0.302. The molecule has 7 heteroatoms. The molecule has 1 aromatic rings. The van der Waals surface area contributed by atoms with Crippen LogP contribution in [0.4, 0.5) is 0 Å². The minimum Gasteiger partial charge on any atom is -0.482 e. The summed E-state index contributed by atoms with van der Waals surface area (Å²) in [6, 6.07) is 7.52. The van der Waals surface area contributed by atoms with Crippen molar-refractivity contribution in [2.45, 2.75) is 68.5 Å². The molecule has 0 aliphatic carbocycles. The first kappa shape index (κ1) is 23.6. The van der Waals surface area contributed by atoms with Crippen molar-refractivity contribution >= 4 is 35.1 Å². The number of unbranched alkanes of at least 4 members (excludes halogenated alkanes) is 3. The average molecular weight is 419 g/mol. The van der Waals surface area contributed by atoms with Crippen molar-refractivity contribution in [3.8, 4) is 5.75 Å². The van der Waals surface area contributed by atoms with Crippen molar-refractivity contribution < 1.29 is 24.5 Å². The Kier molecular flexibility index (Phi) is 10.6. The number of carboxylic acids is 2. The third-order valence-corrected chi connectivity index (χ3v) is 5.18. The Labute approximate surface area is 170 Å². The molecule has 0 heterocycles. The summed E-state index contributed by atoms with van der Waals surface area (Å²) in [6.07, 6.45) is 7.11. The number of alkyl halides is 2. The van der Waals surface area contributed by atoms with Gasteiger partial charge in [-0.3, -0.25) is 0 Å². The standard InChI is InChI=1S/C20H28Cl2O5/c1-2-3-4-7-15(8-5-6-13-20(21,22)19(25)26)16-9-11-17(12-10-16)27-14-18(23)24/h9-12,15H,2-8,13-14H2,1H3,(H,23,24)(H,25,26). The molecular formula is C20H28Cl2O5. The maximum atomic E-state index is 11.0. The lowest BCUT2D eigenvalue weighted by Crippen LogP contribution is -2.25. The van der Waals surface area contributed by atoms with E-state index in [0.29, 0.717) is 18.1 Å². The van der Waals surface area contributed by atoms with E-state index in [-0.39, 0.29) is 13.0 Å². The molecular weight excluding hydrogens is 391 g/mol. The Morgan fingerprint density at radius 2 is 1.63 bits per heavy atom. The monoisotopic (exact) mass is 418 g/mol. The molecule has 0 aliphatic heterocycles. The lowest BCUT2D eigenvalue weighted by molar-refractivity contribution is -0.139. The molecule has 0 radical (unpaired) electrons. The Hall–Kier alpha value is -1.46. The Balaban J connectivity index is 2.62. The summed E-state index contributed by atoms with van der Waals surface area (Å²) in [7, 11) is 0. The van der Waals surface area contributed by atoms with E-state index in [2.05, 4.69) is 6.92 Å². The third kappa shape index (κ3) is 9.34. The smallest absolute Gasteiger partial charge is 0.341 e. The fourth-order valence-electron chi connectivity index (χ4n) is 2.94. The Morgan fingerprint density at radius 3 is 2.15 bits per heavy atom. The molecule has 2 N–H and O–H groups in total. The first-order valence-electron chi connectivity index (χ1n) is 9.32. The number of ether oxygens (including phenoxy) is 1. The van der Waals surface area contributed by atoms with E-state index < -0.39 is 16.3 Å². The molecule has 1 aromatic carbocycles. The normalized spacial score (nSPS) is 12.6. The maximum absolute atomic E-state index is 11.0. The molecule has 1 rings (SSSR count). The summed E-state index contributed by atoms with van der Waals surface area (Å²) < 4.78 is 3.45. The van der Waals surface area contributed by atoms with Gasteiger partial charge in [-0.15, -0.1) is 0 Å². The van der Waals surface area contributed by atoms with Gasteiger partial charge < -0.3 is 14.9 Å². The van der Waals surface area contributed by atoms with E-state index in [1.165, 1.54) is 12.0 Å².